The lowest BCUT2D eigenvalue weighted by Crippen LogP contribution is -2.52. The number of hydrogen-bond acceptors (Lipinski definition) is 4. The molecule has 1 aliphatic heterocycles. The van der Waals surface area contributed by atoms with Gasteiger partial charge in [-0.2, -0.15) is 0 Å². The van der Waals surface area contributed by atoms with Gasteiger partial charge in [0.2, 0.25) is 0 Å². The van der Waals surface area contributed by atoms with Crippen molar-refractivity contribution in [2.24, 2.45) is 0 Å². The van der Waals surface area contributed by atoms with E-state index < -0.39 is 0 Å². The molecule has 2 aromatic rings. The standard InChI is InChI=1S/C22H29N3O3/c1-17-6-4-5-7-19(17)24-12-14-25(15-13-24)22(26)23-11-10-18-8-9-20(27-2)21(16-18)28-3/h4-9,16H,10-15H2,1-3H3,(H,23,26). The van der Waals surface area contributed by atoms with Crippen LogP contribution in [0.3, 0.4) is 0 Å². The molecule has 2 aromatic carbocycles. The number of urea groups is 1. The number of aryl methyl sites for hydroxylation is 1. The molecule has 0 atom stereocenters. The molecule has 3 rings (SSSR count). The average molecular weight is 383 g/mol. The van der Waals surface area contributed by atoms with E-state index in [1.807, 2.05) is 23.1 Å². The summed E-state index contributed by atoms with van der Waals surface area (Å²) in [7, 11) is 3.25. The zero-order chi connectivity index (χ0) is 19.9. The van der Waals surface area contributed by atoms with E-state index in [4.69, 9.17) is 9.47 Å². The van der Waals surface area contributed by atoms with E-state index in [1.165, 1.54) is 11.3 Å². The molecule has 6 nitrogen and oxygen atoms in total. The first-order valence-corrected chi connectivity index (χ1v) is 9.66. The van der Waals surface area contributed by atoms with Crippen LogP contribution < -0.4 is 19.7 Å². The summed E-state index contributed by atoms with van der Waals surface area (Å²) >= 11 is 0. The molecule has 0 radical (unpaired) electrons. The molecule has 1 heterocycles. The van der Waals surface area contributed by atoms with Crippen molar-refractivity contribution >= 4 is 11.7 Å². The number of carbonyl (C=O) groups excluding carboxylic acids is 1. The number of nitrogens with one attached hydrogen (secondary N) is 1. The highest BCUT2D eigenvalue weighted by molar-refractivity contribution is 5.74. The molecule has 150 valence electrons. The van der Waals surface area contributed by atoms with Gasteiger partial charge >= 0.3 is 6.03 Å². The van der Waals surface area contributed by atoms with Gasteiger partial charge in [0.05, 0.1) is 14.2 Å². The predicted octanol–water partition coefficient (Wildman–Crippen LogP) is 3.09. The van der Waals surface area contributed by atoms with Crippen LogP contribution in [-0.2, 0) is 6.42 Å². The van der Waals surface area contributed by atoms with E-state index in [0.29, 0.717) is 18.0 Å². The Balaban J connectivity index is 1.46. The van der Waals surface area contributed by atoms with Crippen LogP contribution in [0.15, 0.2) is 42.5 Å². The summed E-state index contributed by atoms with van der Waals surface area (Å²) in [5, 5.41) is 3.03. The van der Waals surface area contributed by atoms with E-state index in [-0.39, 0.29) is 6.03 Å². The molecule has 0 spiro atoms. The van der Waals surface area contributed by atoms with Crippen molar-refractivity contribution in [3.05, 3.63) is 53.6 Å². The summed E-state index contributed by atoms with van der Waals surface area (Å²) in [5.41, 5.74) is 3.63. The van der Waals surface area contributed by atoms with Crippen LogP contribution in [0.2, 0.25) is 0 Å². The fourth-order valence-electron chi connectivity index (χ4n) is 3.53. The highest BCUT2D eigenvalue weighted by Crippen LogP contribution is 2.27. The summed E-state index contributed by atoms with van der Waals surface area (Å²) in [4.78, 5) is 16.7. The Morgan fingerprint density at radius 1 is 1.00 bits per heavy atom. The van der Waals surface area contributed by atoms with E-state index in [0.717, 1.165) is 38.2 Å². The summed E-state index contributed by atoms with van der Waals surface area (Å²) in [6.07, 6.45) is 0.745. The maximum absolute atomic E-state index is 12.5. The molecule has 1 fully saturated rings. The molecule has 1 aliphatic rings. The Morgan fingerprint density at radius 2 is 1.71 bits per heavy atom. The molecule has 0 saturated carbocycles. The van der Waals surface area contributed by atoms with E-state index in [9.17, 15) is 4.79 Å². The first-order chi connectivity index (χ1) is 13.6. The van der Waals surface area contributed by atoms with Crippen LogP contribution in [0, 0.1) is 6.92 Å². The second kappa shape index (κ2) is 9.35. The molecule has 0 unspecified atom stereocenters. The minimum atomic E-state index is 0.00455. The topological polar surface area (TPSA) is 54.0 Å². The zero-order valence-corrected chi connectivity index (χ0v) is 16.9. The minimum absolute atomic E-state index is 0.00455. The Hall–Kier alpha value is -2.89. The molecule has 1 saturated heterocycles. The highest BCUT2D eigenvalue weighted by Gasteiger charge is 2.21. The Labute approximate surface area is 167 Å². The number of methoxy groups -OCH3 is 2. The van der Waals surface area contributed by atoms with Gasteiger partial charge in [0, 0.05) is 38.4 Å². The number of nitrogens with zero attached hydrogens (tertiary/aromatic N) is 2. The van der Waals surface area contributed by atoms with Gasteiger partial charge in [-0.15, -0.1) is 0 Å². The van der Waals surface area contributed by atoms with Gasteiger partial charge in [-0.25, -0.2) is 4.79 Å². The van der Waals surface area contributed by atoms with Crippen molar-refractivity contribution in [1.29, 1.82) is 0 Å². The lowest BCUT2D eigenvalue weighted by atomic mass is 10.1. The van der Waals surface area contributed by atoms with Crippen LogP contribution in [0.25, 0.3) is 0 Å². The second-order valence-corrected chi connectivity index (χ2v) is 6.93. The van der Waals surface area contributed by atoms with Crippen molar-refractivity contribution in [2.45, 2.75) is 13.3 Å². The zero-order valence-electron chi connectivity index (χ0n) is 16.9. The lowest BCUT2D eigenvalue weighted by molar-refractivity contribution is 0.194. The van der Waals surface area contributed by atoms with Crippen LogP contribution >= 0.6 is 0 Å². The molecule has 2 amide bonds. The fraction of sp³-hybridized carbons (Fsp3) is 0.409. The molecule has 28 heavy (non-hydrogen) atoms. The molecule has 6 heteroatoms. The second-order valence-electron chi connectivity index (χ2n) is 6.93. The first kappa shape index (κ1) is 19.9. The normalized spacial score (nSPS) is 14.0. The molecule has 0 aromatic heterocycles. The van der Waals surface area contributed by atoms with Crippen LogP contribution in [0.4, 0.5) is 10.5 Å². The van der Waals surface area contributed by atoms with E-state index in [2.05, 4.69) is 41.4 Å². The van der Waals surface area contributed by atoms with Crippen molar-refractivity contribution < 1.29 is 14.3 Å². The number of carbonyl (C=O) groups is 1. The van der Waals surface area contributed by atoms with Crippen molar-refractivity contribution in [1.82, 2.24) is 10.2 Å². The maximum Gasteiger partial charge on any atom is 0.317 e. The van der Waals surface area contributed by atoms with E-state index in [1.54, 1.807) is 14.2 Å². The fourth-order valence-corrected chi connectivity index (χ4v) is 3.53. The van der Waals surface area contributed by atoms with Crippen molar-refractivity contribution in [2.75, 3.05) is 51.8 Å². The Bertz CT molecular complexity index is 801. The SMILES string of the molecule is COc1ccc(CCNC(=O)N2CCN(c3ccccc3C)CC2)cc1OC. The summed E-state index contributed by atoms with van der Waals surface area (Å²) in [6, 6.07) is 14.2. The predicted molar refractivity (Wildman–Crippen MR) is 112 cm³/mol. The number of amides is 2. The molecular weight excluding hydrogens is 354 g/mol. The third-order valence-electron chi connectivity index (χ3n) is 5.16. The lowest BCUT2D eigenvalue weighted by Gasteiger charge is -2.36. The van der Waals surface area contributed by atoms with Crippen molar-refractivity contribution in [3.63, 3.8) is 0 Å². The number of anilines is 1. The van der Waals surface area contributed by atoms with Crippen LogP contribution in [0.1, 0.15) is 11.1 Å². The third-order valence-corrected chi connectivity index (χ3v) is 5.16. The van der Waals surface area contributed by atoms with Gasteiger partial charge in [-0.3, -0.25) is 0 Å². The van der Waals surface area contributed by atoms with Gasteiger partial charge in [0.1, 0.15) is 0 Å². The molecule has 1 N–H and O–H groups in total. The van der Waals surface area contributed by atoms with Gasteiger partial charge in [0.15, 0.2) is 11.5 Å². The quantitative estimate of drug-likeness (QED) is 0.833. The van der Waals surface area contributed by atoms with Gasteiger partial charge in [-0.05, 0) is 42.7 Å². The summed E-state index contributed by atoms with van der Waals surface area (Å²) in [6.45, 7) is 5.89. The third kappa shape index (κ3) is 4.68. The van der Waals surface area contributed by atoms with Gasteiger partial charge in [0.25, 0.3) is 0 Å². The number of rotatable bonds is 6. The molecule has 0 aliphatic carbocycles. The monoisotopic (exact) mass is 383 g/mol. The first-order valence-electron chi connectivity index (χ1n) is 9.66. The largest absolute Gasteiger partial charge is 0.493 e. The summed E-state index contributed by atoms with van der Waals surface area (Å²) in [5.74, 6) is 1.42. The Kier molecular flexibility index (Phi) is 6.63. The number of para-hydroxylation sites is 1. The molecular formula is C22H29N3O3. The van der Waals surface area contributed by atoms with E-state index >= 15 is 0 Å². The van der Waals surface area contributed by atoms with Crippen LogP contribution in [0.5, 0.6) is 11.5 Å². The molecule has 0 bridgehead atoms. The minimum Gasteiger partial charge on any atom is -0.493 e. The summed E-state index contributed by atoms with van der Waals surface area (Å²) < 4.78 is 10.6. The maximum atomic E-state index is 12.5. The van der Waals surface area contributed by atoms with Crippen LogP contribution in [-0.4, -0.2) is 57.9 Å². The number of benzene rings is 2. The number of hydrogen-bond donors (Lipinski definition) is 1. The number of ether oxygens (including phenoxy) is 2. The van der Waals surface area contributed by atoms with Gasteiger partial charge in [-0.1, -0.05) is 24.3 Å². The highest BCUT2D eigenvalue weighted by atomic mass is 16.5. The number of piperazine rings is 1. The Morgan fingerprint density at radius 3 is 2.39 bits per heavy atom. The smallest absolute Gasteiger partial charge is 0.317 e. The van der Waals surface area contributed by atoms with Gasteiger partial charge < -0.3 is 24.6 Å². The van der Waals surface area contributed by atoms with Crippen molar-refractivity contribution in [3.8, 4) is 11.5 Å². The average Bonchev–Trinajstić information content (AvgIpc) is 2.74.